The summed E-state index contributed by atoms with van der Waals surface area (Å²) in [7, 11) is 1.66. The highest BCUT2D eigenvalue weighted by atomic mass is 16.5. The molecule has 2 fully saturated rings. The van der Waals surface area contributed by atoms with Crippen molar-refractivity contribution >= 4 is 5.91 Å². The predicted octanol–water partition coefficient (Wildman–Crippen LogP) is 1.69. The van der Waals surface area contributed by atoms with E-state index in [0.29, 0.717) is 12.5 Å². The molecular weight excluding hydrogens is 304 g/mol. The number of ether oxygens (including phenoxy) is 1. The number of benzene rings is 1. The van der Waals surface area contributed by atoms with Gasteiger partial charge in [-0.25, -0.2) is 0 Å². The molecule has 1 aromatic rings. The zero-order valence-corrected chi connectivity index (χ0v) is 14.5. The van der Waals surface area contributed by atoms with E-state index in [1.807, 2.05) is 29.2 Å². The Bertz CT molecular complexity index is 555. The number of piperazine rings is 1. The lowest BCUT2D eigenvalue weighted by Crippen LogP contribution is -2.53. The summed E-state index contributed by atoms with van der Waals surface area (Å²) in [6.45, 7) is 3.32. The minimum absolute atomic E-state index is 0.180. The largest absolute Gasteiger partial charge is 0.497 e. The third-order valence-corrected chi connectivity index (χ3v) is 5.34. The van der Waals surface area contributed by atoms with Gasteiger partial charge in [0.2, 0.25) is 5.91 Å². The van der Waals surface area contributed by atoms with Gasteiger partial charge >= 0.3 is 0 Å². The zero-order chi connectivity index (χ0) is 16.9. The number of hydrogen-bond donors (Lipinski definition) is 1. The van der Waals surface area contributed by atoms with Crippen molar-refractivity contribution in [1.82, 2.24) is 9.80 Å². The number of rotatable bonds is 5. The first kappa shape index (κ1) is 17.2. The van der Waals surface area contributed by atoms with Crippen molar-refractivity contribution in [2.75, 3.05) is 33.3 Å². The van der Waals surface area contributed by atoms with Crippen LogP contribution in [0.3, 0.4) is 0 Å². The second kappa shape index (κ2) is 7.99. The van der Waals surface area contributed by atoms with Gasteiger partial charge in [0.25, 0.3) is 0 Å². The van der Waals surface area contributed by atoms with E-state index < -0.39 is 0 Å². The van der Waals surface area contributed by atoms with Gasteiger partial charge in [0, 0.05) is 38.6 Å². The van der Waals surface area contributed by atoms with Gasteiger partial charge in [-0.3, -0.25) is 9.69 Å². The number of carbonyl (C=O) groups is 1. The Morgan fingerprint density at radius 1 is 1.25 bits per heavy atom. The second-order valence-electron chi connectivity index (χ2n) is 6.83. The third kappa shape index (κ3) is 4.08. The summed E-state index contributed by atoms with van der Waals surface area (Å²) >= 11 is 0. The van der Waals surface area contributed by atoms with Crippen LogP contribution < -0.4 is 4.74 Å². The van der Waals surface area contributed by atoms with E-state index in [0.717, 1.165) is 63.2 Å². The van der Waals surface area contributed by atoms with E-state index >= 15 is 0 Å². The predicted molar refractivity (Wildman–Crippen MR) is 93.1 cm³/mol. The van der Waals surface area contributed by atoms with Crippen LogP contribution in [0.4, 0.5) is 0 Å². The summed E-state index contributed by atoms with van der Waals surface area (Å²) in [6.07, 6.45) is 4.23. The van der Waals surface area contributed by atoms with Gasteiger partial charge in [-0.05, 0) is 43.4 Å². The quantitative estimate of drug-likeness (QED) is 0.891. The van der Waals surface area contributed by atoms with Crippen molar-refractivity contribution < 1.29 is 14.6 Å². The molecule has 0 bridgehead atoms. The first-order valence-electron chi connectivity index (χ1n) is 9.00. The van der Waals surface area contributed by atoms with Crippen molar-refractivity contribution in [2.45, 2.75) is 44.2 Å². The molecule has 1 aromatic carbocycles. The summed E-state index contributed by atoms with van der Waals surface area (Å²) in [5, 5.41) is 10.0. The normalized spacial score (nSPS) is 25.0. The van der Waals surface area contributed by atoms with Crippen LogP contribution in [-0.2, 0) is 11.2 Å². The number of aliphatic hydroxyl groups excluding tert-OH is 1. The molecule has 2 aliphatic rings. The Labute approximate surface area is 144 Å². The fourth-order valence-electron chi connectivity index (χ4n) is 3.89. The molecule has 132 valence electrons. The van der Waals surface area contributed by atoms with Crippen LogP contribution in [0.5, 0.6) is 5.75 Å². The van der Waals surface area contributed by atoms with Gasteiger partial charge in [-0.2, -0.15) is 0 Å². The number of carbonyl (C=O) groups excluding carboxylic acids is 1. The lowest BCUT2D eigenvalue weighted by Gasteiger charge is -2.39. The van der Waals surface area contributed by atoms with E-state index in [1.165, 1.54) is 0 Å². The zero-order valence-electron chi connectivity index (χ0n) is 14.5. The maximum atomic E-state index is 12.4. The highest BCUT2D eigenvalue weighted by Crippen LogP contribution is 2.25. The van der Waals surface area contributed by atoms with E-state index in [1.54, 1.807) is 7.11 Å². The van der Waals surface area contributed by atoms with Gasteiger partial charge in [0.05, 0.1) is 13.2 Å². The summed E-state index contributed by atoms with van der Waals surface area (Å²) in [5.74, 6) is 1.06. The number of aryl methyl sites for hydroxylation is 1. The Morgan fingerprint density at radius 2 is 2.04 bits per heavy atom. The van der Waals surface area contributed by atoms with Crippen LogP contribution in [0.1, 0.15) is 31.2 Å². The highest BCUT2D eigenvalue weighted by Gasteiger charge is 2.33. The minimum atomic E-state index is -0.180. The van der Waals surface area contributed by atoms with E-state index in [9.17, 15) is 9.90 Å². The molecular formula is C19H28N2O3. The molecule has 1 aliphatic carbocycles. The van der Waals surface area contributed by atoms with Crippen molar-refractivity contribution in [3.8, 4) is 5.75 Å². The topological polar surface area (TPSA) is 53.0 Å². The van der Waals surface area contributed by atoms with Crippen molar-refractivity contribution in [3.63, 3.8) is 0 Å². The highest BCUT2D eigenvalue weighted by molar-refractivity contribution is 5.76. The molecule has 3 rings (SSSR count). The van der Waals surface area contributed by atoms with E-state index in [-0.39, 0.29) is 12.0 Å². The summed E-state index contributed by atoms with van der Waals surface area (Å²) in [4.78, 5) is 16.8. The third-order valence-electron chi connectivity index (χ3n) is 5.34. The van der Waals surface area contributed by atoms with Crippen LogP contribution >= 0.6 is 0 Å². The number of hydrogen-bond acceptors (Lipinski definition) is 4. The second-order valence-corrected chi connectivity index (χ2v) is 6.83. The molecule has 1 aliphatic heterocycles. The van der Waals surface area contributed by atoms with Crippen molar-refractivity contribution in [3.05, 3.63) is 29.8 Å². The van der Waals surface area contributed by atoms with Crippen LogP contribution in [-0.4, -0.2) is 66.2 Å². The van der Waals surface area contributed by atoms with Gasteiger partial charge < -0.3 is 14.7 Å². The number of nitrogens with zero attached hydrogens (tertiary/aromatic N) is 2. The maximum Gasteiger partial charge on any atom is 0.222 e. The first-order chi connectivity index (χ1) is 11.7. The number of aliphatic hydroxyl groups is 1. The van der Waals surface area contributed by atoms with Crippen LogP contribution in [0.2, 0.25) is 0 Å². The molecule has 0 aromatic heterocycles. The summed E-state index contributed by atoms with van der Waals surface area (Å²) in [5.41, 5.74) is 1.13. The van der Waals surface area contributed by atoms with E-state index in [2.05, 4.69) is 4.90 Å². The molecule has 5 heteroatoms. The molecule has 1 saturated heterocycles. The number of methoxy groups -OCH3 is 1. The Hall–Kier alpha value is -1.59. The van der Waals surface area contributed by atoms with Gasteiger partial charge in [0.1, 0.15) is 5.75 Å². The van der Waals surface area contributed by atoms with Gasteiger partial charge in [0.15, 0.2) is 0 Å². The molecule has 0 spiro atoms. The van der Waals surface area contributed by atoms with Crippen LogP contribution in [0.25, 0.3) is 0 Å². The number of amides is 1. The monoisotopic (exact) mass is 332 g/mol. The Kier molecular flexibility index (Phi) is 5.74. The maximum absolute atomic E-state index is 12.4. The van der Waals surface area contributed by atoms with E-state index in [4.69, 9.17) is 4.74 Å². The van der Waals surface area contributed by atoms with Crippen molar-refractivity contribution in [1.29, 1.82) is 0 Å². The Balaban J connectivity index is 1.45. The lowest BCUT2D eigenvalue weighted by molar-refractivity contribution is -0.133. The molecule has 1 heterocycles. The molecule has 5 nitrogen and oxygen atoms in total. The minimum Gasteiger partial charge on any atom is -0.497 e. The molecule has 24 heavy (non-hydrogen) atoms. The molecule has 0 unspecified atom stereocenters. The standard InChI is InChI=1S/C19H28N2O3/c1-24-16-5-2-4-15(14-16)8-9-19(23)21-12-10-20(11-13-21)17-6-3-7-18(17)22/h2,4-5,14,17-18,22H,3,6-13H2,1H3/t17-,18+/m1/s1. The smallest absolute Gasteiger partial charge is 0.222 e. The fourth-order valence-corrected chi connectivity index (χ4v) is 3.89. The molecule has 1 saturated carbocycles. The van der Waals surface area contributed by atoms with Crippen LogP contribution in [0.15, 0.2) is 24.3 Å². The summed E-state index contributed by atoms with van der Waals surface area (Å²) < 4.78 is 5.23. The molecule has 0 radical (unpaired) electrons. The fraction of sp³-hybridized carbons (Fsp3) is 0.632. The van der Waals surface area contributed by atoms with Gasteiger partial charge in [-0.1, -0.05) is 12.1 Å². The van der Waals surface area contributed by atoms with Gasteiger partial charge in [-0.15, -0.1) is 0 Å². The molecule has 2 atom stereocenters. The average molecular weight is 332 g/mol. The Morgan fingerprint density at radius 3 is 2.71 bits per heavy atom. The first-order valence-corrected chi connectivity index (χ1v) is 9.00. The lowest BCUT2D eigenvalue weighted by atomic mass is 10.1. The molecule has 1 amide bonds. The SMILES string of the molecule is COc1cccc(CCC(=O)N2CCN([C@@H]3CCC[C@@H]3O)CC2)c1. The molecule has 1 N–H and O–H groups in total. The summed E-state index contributed by atoms with van der Waals surface area (Å²) in [6, 6.07) is 8.22. The van der Waals surface area contributed by atoms with Crippen LogP contribution in [0, 0.1) is 0 Å². The van der Waals surface area contributed by atoms with Crippen molar-refractivity contribution in [2.24, 2.45) is 0 Å². The average Bonchev–Trinajstić information content (AvgIpc) is 3.06.